The van der Waals surface area contributed by atoms with E-state index < -0.39 is 0 Å². The second-order valence-corrected chi connectivity index (χ2v) is 8.19. The van der Waals surface area contributed by atoms with E-state index in [2.05, 4.69) is 38.1 Å². The molecule has 28 heavy (non-hydrogen) atoms. The van der Waals surface area contributed by atoms with E-state index in [1.54, 1.807) is 43.9 Å². The van der Waals surface area contributed by atoms with E-state index in [9.17, 15) is 0 Å². The van der Waals surface area contributed by atoms with Gasteiger partial charge in [-0.25, -0.2) is 4.98 Å². The number of nitrogens with one attached hydrogen (secondary N) is 2. The minimum absolute atomic E-state index is 0.673. The first-order chi connectivity index (χ1) is 13.6. The van der Waals surface area contributed by atoms with E-state index in [1.165, 1.54) is 9.75 Å². The monoisotopic (exact) mass is 416 g/mol. The van der Waals surface area contributed by atoms with Crippen LogP contribution in [-0.2, 0) is 6.42 Å². The third-order valence-corrected chi connectivity index (χ3v) is 6.01. The molecule has 0 atom stereocenters. The first-order valence-electron chi connectivity index (χ1n) is 8.84. The molecule has 0 spiro atoms. The predicted molar refractivity (Wildman–Crippen MR) is 118 cm³/mol. The minimum atomic E-state index is 0.673. The van der Waals surface area contributed by atoms with Crippen LogP contribution in [0.25, 0.3) is 10.6 Å². The quantitative estimate of drug-likeness (QED) is 0.441. The molecule has 0 aliphatic heterocycles. The highest BCUT2D eigenvalue weighted by atomic mass is 32.1. The Morgan fingerprint density at radius 2 is 1.96 bits per heavy atom. The summed E-state index contributed by atoms with van der Waals surface area (Å²) in [5, 5.41) is 9.82. The molecule has 2 aromatic heterocycles. The van der Waals surface area contributed by atoms with Gasteiger partial charge in [0.05, 0.1) is 29.8 Å². The highest BCUT2D eigenvalue weighted by Crippen LogP contribution is 2.30. The molecule has 0 fully saturated rings. The Labute approximate surface area is 173 Å². The zero-order valence-electron chi connectivity index (χ0n) is 16.4. The van der Waals surface area contributed by atoms with Gasteiger partial charge in [-0.2, -0.15) is 0 Å². The number of ether oxygens (including phenoxy) is 2. The van der Waals surface area contributed by atoms with Crippen LogP contribution in [0.1, 0.15) is 9.88 Å². The number of thiophene rings is 1. The summed E-state index contributed by atoms with van der Waals surface area (Å²) in [6.07, 6.45) is 0.917. The summed E-state index contributed by atoms with van der Waals surface area (Å²) in [5.74, 6) is 2.07. The van der Waals surface area contributed by atoms with Crippen LogP contribution in [0.5, 0.6) is 11.5 Å². The van der Waals surface area contributed by atoms with Crippen LogP contribution in [0.4, 0.5) is 5.69 Å². The van der Waals surface area contributed by atoms with E-state index in [4.69, 9.17) is 9.47 Å². The number of methoxy groups -OCH3 is 2. The van der Waals surface area contributed by atoms with Gasteiger partial charge in [-0.05, 0) is 37.6 Å². The Balaban J connectivity index is 1.54. The van der Waals surface area contributed by atoms with E-state index in [1.807, 2.05) is 25.1 Å². The lowest BCUT2D eigenvalue weighted by atomic mass is 10.2. The van der Waals surface area contributed by atoms with Gasteiger partial charge in [0.15, 0.2) is 17.5 Å². The van der Waals surface area contributed by atoms with Crippen molar-refractivity contribution in [3.05, 3.63) is 45.6 Å². The third kappa shape index (κ3) is 5.02. The molecule has 3 aromatic rings. The predicted octanol–water partition coefficient (Wildman–Crippen LogP) is 4.43. The molecule has 0 aliphatic carbocycles. The second-order valence-electron chi connectivity index (χ2n) is 5.96. The molecule has 0 amide bonds. The summed E-state index contributed by atoms with van der Waals surface area (Å²) in [4.78, 5) is 11.4. The molecule has 3 rings (SSSR count). The lowest BCUT2D eigenvalue weighted by molar-refractivity contribution is 0.355. The molecule has 2 heterocycles. The number of aliphatic imine (C=N–C) groups is 1. The SMILES string of the molecule is CN=C(NCCc1ccc(-c2csc(C)n2)s1)Nc1ccc(OC)c(OC)c1. The van der Waals surface area contributed by atoms with Crippen molar-refractivity contribution in [2.45, 2.75) is 13.3 Å². The molecule has 0 bridgehead atoms. The van der Waals surface area contributed by atoms with E-state index in [0.717, 1.165) is 29.4 Å². The number of aromatic nitrogens is 1. The number of guanidine groups is 1. The van der Waals surface area contributed by atoms with Crippen molar-refractivity contribution in [2.24, 2.45) is 4.99 Å². The Morgan fingerprint density at radius 3 is 2.64 bits per heavy atom. The van der Waals surface area contributed by atoms with Crippen LogP contribution < -0.4 is 20.1 Å². The fraction of sp³-hybridized carbons (Fsp3) is 0.300. The molecule has 0 radical (unpaired) electrons. The molecular weight excluding hydrogens is 392 g/mol. The van der Waals surface area contributed by atoms with Gasteiger partial charge in [0.1, 0.15) is 0 Å². The number of hydrogen-bond acceptors (Lipinski definition) is 6. The third-order valence-electron chi connectivity index (χ3n) is 4.07. The Hall–Kier alpha value is -2.58. The lowest BCUT2D eigenvalue weighted by Gasteiger charge is -2.13. The van der Waals surface area contributed by atoms with E-state index in [0.29, 0.717) is 17.5 Å². The highest BCUT2D eigenvalue weighted by Gasteiger charge is 2.08. The smallest absolute Gasteiger partial charge is 0.195 e. The first kappa shape index (κ1) is 20.2. The van der Waals surface area contributed by atoms with E-state index in [-0.39, 0.29) is 0 Å². The van der Waals surface area contributed by atoms with Crippen molar-refractivity contribution in [1.29, 1.82) is 0 Å². The van der Waals surface area contributed by atoms with Crippen LogP contribution in [0.2, 0.25) is 0 Å². The van der Waals surface area contributed by atoms with Crippen molar-refractivity contribution in [3.63, 3.8) is 0 Å². The first-order valence-corrected chi connectivity index (χ1v) is 10.5. The summed E-state index contributed by atoms with van der Waals surface area (Å²) in [6, 6.07) is 9.98. The van der Waals surface area contributed by atoms with Gasteiger partial charge in [0, 0.05) is 35.6 Å². The summed E-state index contributed by atoms with van der Waals surface area (Å²) >= 11 is 3.47. The van der Waals surface area contributed by atoms with Gasteiger partial charge >= 0.3 is 0 Å². The minimum Gasteiger partial charge on any atom is -0.493 e. The number of benzene rings is 1. The Morgan fingerprint density at radius 1 is 1.14 bits per heavy atom. The summed E-state index contributed by atoms with van der Waals surface area (Å²) in [5.41, 5.74) is 1.95. The molecular formula is C20H24N4O2S2. The number of nitrogens with zero attached hydrogens (tertiary/aromatic N) is 2. The van der Waals surface area contributed by atoms with Crippen molar-refractivity contribution in [3.8, 4) is 22.1 Å². The van der Waals surface area contributed by atoms with Crippen LogP contribution >= 0.6 is 22.7 Å². The van der Waals surface area contributed by atoms with Crippen LogP contribution in [-0.4, -0.2) is 38.8 Å². The number of aryl methyl sites for hydroxylation is 1. The maximum atomic E-state index is 5.34. The molecule has 0 saturated carbocycles. The van der Waals surface area contributed by atoms with Crippen molar-refractivity contribution in [2.75, 3.05) is 33.1 Å². The largest absolute Gasteiger partial charge is 0.493 e. The second kappa shape index (κ2) is 9.57. The van der Waals surface area contributed by atoms with Crippen LogP contribution in [0, 0.1) is 6.92 Å². The van der Waals surface area contributed by atoms with Crippen molar-refractivity contribution in [1.82, 2.24) is 10.3 Å². The van der Waals surface area contributed by atoms with Gasteiger partial charge < -0.3 is 20.1 Å². The number of rotatable bonds is 7. The van der Waals surface area contributed by atoms with Crippen molar-refractivity contribution < 1.29 is 9.47 Å². The van der Waals surface area contributed by atoms with E-state index >= 15 is 0 Å². The molecule has 0 aliphatic rings. The zero-order valence-corrected chi connectivity index (χ0v) is 18.0. The Bertz CT molecular complexity index is 949. The standard InChI is InChI=1S/C20H24N4O2S2/c1-13-23-16(12-27-13)19-8-6-15(28-19)9-10-22-20(21-2)24-14-5-7-17(25-3)18(11-14)26-4/h5-8,11-12H,9-10H2,1-4H3,(H2,21,22,24). The molecule has 2 N–H and O–H groups in total. The van der Waals surface area contributed by atoms with Gasteiger partial charge in [-0.3, -0.25) is 4.99 Å². The molecule has 148 valence electrons. The average Bonchev–Trinajstić information content (AvgIpc) is 3.36. The molecule has 6 nitrogen and oxygen atoms in total. The molecule has 0 saturated heterocycles. The number of thiazole rings is 1. The van der Waals surface area contributed by atoms with Gasteiger partial charge in [0.25, 0.3) is 0 Å². The van der Waals surface area contributed by atoms with Gasteiger partial charge in [-0.15, -0.1) is 22.7 Å². The summed E-state index contributed by atoms with van der Waals surface area (Å²) in [6.45, 7) is 2.81. The fourth-order valence-electron chi connectivity index (χ4n) is 2.66. The number of hydrogen-bond donors (Lipinski definition) is 2. The normalized spacial score (nSPS) is 11.4. The molecule has 0 unspecified atom stereocenters. The lowest BCUT2D eigenvalue weighted by Crippen LogP contribution is -2.32. The maximum absolute atomic E-state index is 5.34. The molecule has 1 aromatic carbocycles. The van der Waals surface area contributed by atoms with Gasteiger partial charge in [-0.1, -0.05) is 0 Å². The highest BCUT2D eigenvalue weighted by molar-refractivity contribution is 7.16. The maximum Gasteiger partial charge on any atom is 0.195 e. The van der Waals surface area contributed by atoms with Crippen molar-refractivity contribution >= 4 is 34.3 Å². The fourth-order valence-corrected chi connectivity index (χ4v) is 4.32. The van der Waals surface area contributed by atoms with Crippen LogP contribution in [0.3, 0.4) is 0 Å². The topological polar surface area (TPSA) is 67.8 Å². The molecule has 8 heteroatoms. The zero-order chi connectivity index (χ0) is 19.9. The summed E-state index contributed by atoms with van der Waals surface area (Å²) < 4.78 is 10.6. The van der Waals surface area contributed by atoms with Crippen LogP contribution in [0.15, 0.2) is 40.7 Å². The summed E-state index contributed by atoms with van der Waals surface area (Å²) in [7, 11) is 5.00. The average molecular weight is 417 g/mol. The number of anilines is 1. The van der Waals surface area contributed by atoms with Gasteiger partial charge in [0.2, 0.25) is 0 Å². The Kier molecular flexibility index (Phi) is 6.89.